The molecular formula is C13H13N5O2S. The van der Waals surface area contributed by atoms with Crippen molar-refractivity contribution in [2.75, 3.05) is 12.3 Å². The quantitative estimate of drug-likeness (QED) is 0.743. The molecule has 0 spiro atoms. The number of nitrogens with zero attached hydrogens (tertiary/aromatic N) is 4. The second-order valence-corrected chi connectivity index (χ2v) is 5.27. The van der Waals surface area contributed by atoms with E-state index in [0.29, 0.717) is 5.82 Å². The molecule has 0 bridgehead atoms. The molecule has 2 N–H and O–H groups in total. The van der Waals surface area contributed by atoms with Gasteiger partial charge in [-0.1, -0.05) is 0 Å². The minimum Gasteiger partial charge on any atom is -0.461 e. The third-order valence-electron chi connectivity index (χ3n) is 2.94. The Bertz CT molecular complexity index is 823. The van der Waals surface area contributed by atoms with E-state index in [2.05, 4.69) is 15.1 Å². The van der Waals surface area contributed by atoms with E-state index in [9.17, 15) is 4.79 Å². The summed E-state index contributed by atoms with van der Waals surface area (Å²) in [5, 5.41) is 6.19. The highest BCUT2D eigenvalue weighted by molar-refractivity contribution is 7.17. The molecule has 0 atom stereocenters. The van der Waals surface area contributed by atoms with Crippen LogP contribution < -0.4 is 5.73 Å². The van der Waals surface area contributed by atoms with E-state index >= 15 is 0 Å². The van der Waals surface area contributed by atoms with Crippen LogP contribution in [0, 0.1) is 6.92 Å². The molecule has 0 saturated carbocycles. The number of hydrogen-bond acceptors (Lipinski definition) is 7. The van der Waals surface area contributed by atoms with E-state index in [1.54, 1.807) is 13.1 Å². The summed E-state index contributed by atoms with van der Waals surface area (Å²) in [6, 6.07) is 0. The van der Waals surface area contributed by atoms with Crippen LogP contribution in [0.2, 0.25) is 0 Å². The molecule has 0 radical (unpaired) electrons. The van der Waals surface area contributed by atoms with Crippen molar-refractivity contribution in [1.29, 1.82) is 0 Å². The topological polar surface area (TPSA) is 95.9 Å². The van der Waals surface area contributed by atoms with Gasteiger partial charge < -0.3 is 10.5 Å². The largest absolute Gasteiger partial charge is 0.461 e. The van der Waals surface area contributed by atoms with Crippen LogP contribution >= 0.6 is 11.3 Å². The lowest BCUT2D eigenvalue weighted by atomic mass is 10.3. The van der Waals surface area contributed by atoms with Crippen LogP contribution in [0.3, 0.4) is 0 Å². The summed E-state index contributed by atoms with van der Waals surface area (Å²) in [5.41, 5.74) is 8.13. The lowest BCUT2D eigenvalue weighted by Crippen LogP contribution is -2.08. The van der Waals surface area contributed by atoms with Crippen LogP contribution in [0.25, 0.3) is 16.0 Å². The molecule has 0 aliphatic carbocycles. The first kappa shape index (κ1) is 13.5. The summed E-state index contributed by atoms with van der Waals surface area (Å²) in [4.78, 5) is 20.3. The summed E-state index contributed by atoms with van der Waals surface area (Å²) < 4.78 is 7.31. The van der Waals surface area contributed by atoms with Crippen LogP contribution in [0.4, 0.5) is 5.69 Å². The number of anilines is 1. The molecule has 0 unspecified atom stereocenters. The van der Waals surface area contributed by atoms with Gasteiger partial charge in [-0.3, -0.25) is 0 Å². The summed E-state index contributed by atoms with van der Waals surface area (Å²) in [6.07, 6.45) is 3.03. The van der Waals surface area contributed by atoms with E-state index < -0.39 is 5.97 Å². The Morgan fingerprint density at radius 2 is 2.29 bits per heavy atom. The fourth-order valence-electron chi connectivity index (χ4n) is 1.97. The number of rotatable bonds is 3. The van der Waals surface area contributed by atoms with Crippen molar-refractivity contribution in [1.82, 2.24) is 19.7 Å². The van der Waals surface area contributed by atoms with E-state index in [1.807, 2.05) is 12.3 Å². The summed E-state index contributed by atoms with van der Waals surface area (Å²) in [7, 11) is 0. The minimum atomic E-state index is -0.540. The fourth-order valence-corrected chi connectivity index (χ4v) is 2.96. The molecule has 7 nitrogen and oxygen atoms in total. The number of thiophene rings is 1. The van der Waals surface area contributed by atoms with Crippen LogP contribution in [0.1, 0.15) is 23.0 Å². The maximum absolute atomic E-state index is 11.8. The van der Waals surface area contributed by atoms with Gasteiger partial charge in [-0.15, -0.1) is 11.3 Å². The molecule has 0 aliphatic heterocycles. The van der Waals surface area contributed by atoms with Gasteiger partial charge in [-0.25, -0.2) is 19.4 Å². The zero-order valence-corrected chi connectivity index (χ0v) is 12.3. The maximum atomic E-state index is 11.8. The highest BCUT2D eigenvalue weighted by atomic mass is 32.1. The number of nitrogens with two attached hydrogens (primary N) is 1. The summed E-state index contributed by atoms with van der Waals surface area (Å²) >= 11 is 1.53. The Morgan fingerprint density at radius 3 is 3.05 bits per heavy atom. The SMILES string of the molecule is CCOC(=O)c1nn(-c2ncnc3c(C)csc23)cc1N. The molecule has 108 valence electrons. The first-order chi connectivity index (χ1) is 10.1. The molecule has 0 aliphatic rings. The number of carbonyl (C=O) groups is 1. The van der Waals surface area contributed by atoms with E-state index in [4.69, 9.17) is 10.5 Å². The molecule has 3 heterocycles. The average Bonchev–Trinajstić information content (AvgIpc) is 3.03. The summed E-state index contributed by atoms with van der Waals surface area (Å²) in [5.74, 6) is 0.0572. The van der Waals surface area contributed by atoms with Crippen LogP contribution in [0.5, 0.6) is 0 Å². The van der Waals surface area contributed by atoms with Crippen molar-refractivity contribution in [2.45, 2.75) is 13.8 Å². The molecule has 0 fully saturated rings. The summed E-state index contributed by atoms with van der Waals surface area (Å²) in [6.45, 7) is 3.98. The fraction of sp³-hybridized carbons (Fsp3) is 0.231. The molecule has 0 amide bonds. The third-order valence-corrected chi connectivity index (χ3v) is 4.02. The Labute approximate surface area is 124 Å². The number of nitrogen functional groups attached to an aromatic ring is 1. The van der Waals surface area contributed by atoms with Gasteiger partial charge in [0.15, 0.2) is 11.5 Å². The standard InChI is InChI=1S/C13H13N5O2S/c1-3-20-13(19)10-8(14)4-18(17-10)12-11-9(15-6-16-12)7(2)5-21-11/h4-6H,3,14H2,1-2H3. The predicted octanol–water partition coefficient (Wildman–Crippen LogP) is 1.94. The molecule has 3 aromatic heterocycles. The van der Waals surface area contributed by atoms with Crippen molar-refractivity contribution in [3.8, 4) is 5.82 Å². The van der Waals surface area contributed by atoms with Crippen LogP contribution in [-0.2, 0) is 4.74 Å². The molecule has 21 heavy (non-hydrogen) atoms. The van der Waals surface area contributed by atoms with Gasteiger partial charge >= 0.3 is 5.97 Å². The Balaban J connectivity index is 2.11. The number of fused-ring (bicyclic) bond motifs is 1. The van der Waals surface area contributed by atoms with Gasteiger partial charge in [0.1, 0.15) is 6.33 Å². The second kappa shape index (κ2) is 5.13. The van der Waals surface area contributed by atoms with Gasteiger partial charge in [-0.05, 0) is 24.8 Å². The number of aromatic nitrogens is 4. The van der Waals surface area contributed by atoms with Crippen molar-refractivity contribution >= 4 is 33.2 Å². The second-order valence-electron chi connectivity index (χ2n) is 4.39. The number of aryl methyl sites for hydroxylation is 1. The Kier molecular flexibility index (Phi) is 3.30. The zero-order chi connectivity index (χ0) is 15.0. The van der Waals surface area contributed by atoms with Crippen molar-refractivity contribution in [3.63, 3.8) is 0 Å². The first-order valence-corrected chi connectivity index (χ1v) is 7.21. The molecule has 8 heteroatoms. The molecular weight excluding hydrogens is 290 g/mol. The first-order valence-electron chi connectivity index (χ1n) is 6.33. The zero-order valence-electron chi connectivity index (χ0n) is 11.5. The van der Waals surface area contributed by atoms with E-state index in [0.717, 1.165) is 15.8 Å². The average molecular weight is 303 g/mol. The number of esters is 1. The number of carbonyl (C=O) groups excluding carboxylic acids is 1. The Hall–Kier alpha value is -2.48. The van der Waals surface area contributed by atoms with E-state index in [1.165, 1.54) is 22.3 Å². The van der Waals surface area contributed by atoms with Crippen molar-refractivity contribution in [2.24, 2.45) is 0 Å². The molecule has 0 saturated heterocycles. The highest BCUT2D eigenvalue weighted by Gasteiger charge is 2.18. The molecule has 3 rings (SSSR count). The lowest BCUT2D eigenvalue weighted by molar-refractivity contribution is 0.0520. The minimum absolute atomic E-state index is 0.0943. The van der Waals surface area contributed by atoms with Crippen LogP contribution in [0.15, 0.2) is 17.9 Å². The van der Waals surface area contributed by atoms with Gasteiger partial charge in [0.2, 0.25) is 0 Å². The smallest absolute Gasteiger partial charge is 0.361 e. The van der Waals surface area contributed by atoms with Gasteiger partial charge in [0.05, 0.1) is 28.7 Å². The van der Waals surface area contributed by atoms with Crippen molar-refractivity contribution < 1.29 is 9.53 Å². The van der Waals surface area contributed by atoms with Gasteiger partial charge in [-0.2, -0.15) is 5.10 Å². The normalized spacial score (nSPS) is 11.0. The molecule has 0 aromatic carbocycles. The van der Waals surface area contributed by atoms with E-state index in [-0.39, 0.29) is 18.0 Å². The number of hydrogen-bond donors (Lipinski definition) is 1. The van der Waals surface area contributed by atoms with Crippen LogP contribution in [-0.4, -0.2) is 32.3 Å². The predicted molar refractivity (Wildman–Crippen MR) is 79.6 cm³/mol. The molecule has 3 aromatic rings. The maximum Gasteiger partial charge on any atom is 0.361 e. The number of ether oxygens (including phenoxy) is 1. The highest BCUT2D eigenvalue weighted by Crippen LogP contribution is 2.28. The monoisotopic (exact) mass is 303 g/mol. The van der Waals surface area contributed by atoms with Crippen molar-refractivity contribution in [3.05, 3.63) is 29.2 Å². The van der Waals surface area contributed by atoms with Gasteiger partial charge in [0.25, 0.3) is 0 Å². The lowest BCUT2D eigenvalue weighted by Gasteiger charge is -2.01. The third kappa shape index (κ3) is 2.23. The Morgan fingerprint density at radius 1 is 1.48 bits per heavy atom. The van der Waals surface area contributed by atoms with Gasteiger partial charge in [0, 0.05) is 0 Å².